The van der Waals surface area contributed by atoms with Crippen LogP contribution < -0.4 is 0 Å². The number of hydrogen-bond acceptors (Lipinski definition) is 3. The number of thioether (sulfide) groups is 1. The zero-order valence-corrected chi connectivity index (χ0v) is 11.1. The molecule has 0 N–H and O–H groups in total. The minimum absolute atomic E-state index is 0.0834. The van der Waals surface area contributed by atoms with Crippen molar-refractivity contribution in [3.8, 4) is 0 Å². The van der Waals surface area contributed by atoms with Gasteiger partial charge in [-0.15, -0.1) is 0 Å². The van der Waals surface area contributed by atoms with Crippen LogP contribution in [-0.2, 0) is 0 Å². The molecule has 0 aliphatic heterocycles. The van der Waals surface area contributed by atoms with E-state index in [1.807, 2.05) is 18.2 Å². The average molecular weight is 257 g/mol. The molecule has 0 saturated heterocycles. The number of Topliss-reactive ketones (excluding diaryl/α,β-unsaturated/α-hetero) is 1. The van der Waals surface area contributed by atoms with Crippen molar-refractivity contribution in [2.75, 3.05) is 7.05 Å². The Morgan fingerprint density at radius 2 is 1.94 bits per heavy atom. The SMILES string of the molecule is C=C/C=C(\C=C)SC(=NC)C(=O)c1ccccc1. The van der Waals surface area contributed by atoms with Crippen LogP contribution in [0, 0.1) is 0 Å². The summed E-state index contributed by atoms with van der Waals surface area (Å²) < 4.78 is 0. The van der Waals surface area contributed by atoms with Gasteiger partial charge in [0, 0.05) is 17.5 Å². The normalized spacial score (nSPS) is 12.1. The van der Waals surface area contributed by atoms with Crippen molar-refractivity contribution < 1.29 is 4.79 Å². The maximum absolute atomic E-state index is 12.2. The van der Waals surface area contributed by atoms with Gasteiger partial charge in [-0.2, -0.15) is 0 Å². The summed E-state index contributed by atoms with van der Waals surface area (Å²) in [5.74, 6) is -0.0834. The molecule has 1 aromatic rings. The lowest BCUT2D eigenvalue weighted by molar-refractivity contribution is 0.106. The molecule has 2 nitrogen and oxygen atoms in total. The van der Waals surface area contributed by atoms with Crippen molar-refractivity contribution in [1.82, 2.24) is 0 Å². The molecule has 0 fully saturated rings. The van der Waals surface area contributed by atoms with Crippen molar-refractivity contribution >= 4 is 22.6 Å². The van der Waals surface area contributed by atoms with Crippen LogP contribution in [-0.4, -0.2) is 17.9 Å². The first-order chi connectivity index (χ1) is 8.72. The third kappa shape index (κ3) is 3.86. The Bertz CT molecular complexity index is 500. The van der Waals surface area contributed by atoms with Gasteiger partial charge >= 0.3 is 0 Å². The van der Waals surface area contributed by atoms with Crippen LogP contribution in [0.5, 0.6) is 0 Å². The van der Waals surface area contributed by atoms with Crippen LogP contribution in [0.1, 0.15) is 10.4 Å². The highest BCUT2D eigenvalue weighted by Gasteiger charge is 2.14. The first kappa shape index (κ1) is 14.2. The third-order valence-corrected chi connectivity index (χ3v) is 3.23. The Labute approximate surface area is 112 Å². The van der Waals surface area contributed by atoms with E-state index in [0.29, 0.717) is 10.6 Å². The number of hydrogen-bond donors (Lipinski definition) is 0. The molecule has 0 aliphatic rings. The van der Waals surface area contributed by atoms with Gasteiger partial charge in [-0.25, -0.2) is 0 Å². The van der Waals surface area contributed by atoms with Gasteiger partial charge in [0.1, 0.15) is 5.04 Å². The molecular weight excluding hydrogens is 242 g/mol. The van der Waals surface area contributed by atoms with Crippen molar-refractivity contribution in [3.63, 3.8) is 0 Å². The summed E-state index contributed by atoms with van der Waals surface area (Å²) in [7, 11) is 1.61. The van der Waals surface area contributed by atoms with Crippen LogP contribution in [0.15, 0.2) is 71.6 Å². The highest BCUT2D eigenvalue weighted by atomic mass is 32.2. The van der Waals surface area contributed by atoms with Gasteiger partial charge in [0.2, 0.25) is 5.78 Å². The van der Waals surface area contributed by atoms with Gasteiger partial charge in [0.25, 0.3) is 0 Å². The molecule has 1 aromatic carbocycles. The molecule has 0 atom stereocenters. The van der Waals surface area contributed by atoms with Crippen molar-refractivity contribution in [1.29, 1.82) is 0 Å². The second-order valence-electron chi connectivity index (χ2n) is 3.33. The quantitative estimate of drug-likeness (QED) is 0.346. The van der Waals surface area contributed by atoms with E-state index in [0.717, 1.165) is 4.91 Å². The minimum Gasteiger partial charge on any atom is -0.286 e. The Hall–Kier alpha value is -1.87. The summed E-state index contributed by atoms with van der Waals surface area (Å²) >= 11 is 1.29. The van der Waals surface area contributed by atoms with Crippen LogP contribution in [0.3, 0.4) is 0 Å². The van der Waals surface area contributed by atoms with Gasteiger partial charge in [-0.05, 0) is 6.08 Å². The molecule has 0 radical (unpaired) electrons. The Morgan fingerprint density at radius 1 is 1.28 bits per heavy atom. The number of nitrogens with zero attached hydrogens (tertiary/aromatic N) is 1. The van der Waals surface area contributed by atoms with E-state index in [1.165, 1.54) is 11.8 Å². The molecule has 0 unspecified atom stereocenters. The second-order valence-corrected chi connectivity index (χ2v) is 4.40. The zero-order chi connectivity index (χ0) is 13.4. The number of ketones is 1. The predicted octanol–water partition coefficient (Wildman–Crippen LogP) is 3.89. The fourth-order valence-electron chi connectivity index (χ4n) is 1.28. The number of carbonyl (C=O) groups is 1. The van der Waals surface area contributed by atoms with E-state index in [-0.39, 0.29) is 5.78 Å². The molecule has 3 heteroatoms. The summed E-state index contributed by atoms with van der Waals surface area (Å²) in [6.07, 6.45) is 5.13. The van der Waals surface area contributed by atoms with Gasteiger partial charge in [0.05, 0.1) is 0 Å². The molecule has 92 valence electrons. The lowest BCUT2D eigenvalue weighted by Gasteiger charge is -2.04. The lowest BCUT2D eigenvalue weighted by Crippen LogP contribution is -2.10. The summed E-state index contributed by atoms with van der Waals surface area (Å²) in [6, 6.07) is 9.09. The maximum Gasteiger partial charge on any atom is 0.217 e. The van der Waals surface area contributed by atoms with Crippen molar-refractivity contribution in [3.05, 3.63) is 72.2 Å². The molecule has 1 rings (SSSR count). The lowest BCUT2D eigenvalue weighted by atomic mass is 10.1. The molecule has 0 aromatic heterocycles. The first-order valence-electron chi connectivity index (χ1n) is 5.42. The monoisotopic (exact) mass is 257 g/mol. The zero-order valence-electron chi connectivity index (χ0n) is 10.3. The Morgan fingerprint density at radius 3 is 2.44 bits per heavy atom. The summed E-state index contributed by atoms with van der Waals surface area (Å²) in [4.78, 5) is 17.1. The molecule has 0 aliphatic carbocycles. The van der Waals surface area contributed by atoms with E-state index in [4.69, 9.17) is 0 Å². The number of aliphatic imine (C=N–C) groups is 1. The smallest absolute Gasteiger partial charge is 0.217 e. The number of benzene rings is 1. The van der Waals surface area contributed by atoms with E-state index < -0.39 is 0 Å². The number of rotatable bonds is 5. The van der Waals surface area contributed by atoms with Crippen molar-refractivity contribution in [2.45, 2.75) is 0 Å². The average Bonchev–Trinajstić information content (AvgIpc) is 2.43. The van der Waals surface area contributed by atoms with Crippen LogP contribution in [0.25, 0.3) is 0 Å². The van der Waals surface area contributed by atoms with E-state index in [1.54, 1.807) is 37.4 Å². The van der Waals surface area contributed by atoms with Crippen molar-refractivity contribution in [2.24, 2.45) is 4.99 Å². The molecule has 0 saturated carbocycles. The van der Waals surface area contributed by atoms with Crippen LogP contribution in [0.2, 0.25) is 0 Å². The highest BCUT2D eigenvalue weighted by Crippen LogP contribution is 2.21. The van der Waals surface area contributed by atoms with Crippen LogP contribution >= 0.6 is 11.8 Å². The minimum atomic E-state index is -0.0834. The molecule has 0 amide bonds. The molecule has 0 bridgehead atoms. The molecule has 0 heterocycles. The third-order valence-electron chi connectivity index (χ3n) is 2.13. The number of carbonyl (C=O) groups excluding carboxylic acids is 1. The summed E-state index contributed by atoms with van der Waals surface area (Å²) in [5.41, 5.74) is 0.632. The summed E-state index contributed by atoms with van der Waals surface area (Å²) in [5, 5.41) is 0.439. The molecular formula is C15H15NOS. The first-order valence-corrected chi connectivity index (χ1v) is 6.24. The fraction of sp³-hybridized carbons (Fsp3) is 0.0667. The van der Waals surface area contributed by atoms with E-state index in [9.17, 15) is 4.79 Å². The highest BCUT2D eigenvalue weighted by molar-refractivity contribution is 8.19. The largest absolute Gasteiger partial charge is 0.286 e. The van der Waals surface area contributed by atoms with Gasteiger partial charge in [-0.1, -0.05) is 67.4 Å². The standard InChI is InChI=1S/C15H15NOS/c1-4-9-13(5-2)18-15(16-3)14(17)12-10-7-6-8-11-12/h4-11H,1-2H2,3H3/b13-9+,16-15?. The molecule has 18 heavy (non-hydrogen) atoms. The topological polar surface area (TPSA) is 29.4 Å². The number of allylic oxidation sites excluding steroid dienone is 3. The van der Waals surface area contributed by atoms with E-state index >= 15 is 0 Å². The van der Waals surface area contributed by atoms with Gasteiger partial charge in [-0.3, -0.25) is 9.79 Å². The van der Waals surface area contributed by atoms with E-state index in [2.05, 4.69) is 18.2 Å². The maximum atomic E-state index is 12.2. The Balaban J connectivity index is 2.92. The second kappa shape index (κ2) is 7.45. The predicted molar refractivity (Wildman–Crippen MR) is 80.2 cm³/mol. The molecule has 0 spiro atoms. The fourth-order valence-corrected chi connectivity index (χ4v) is 2.05. The van der Waals surface area contributed by atoms with Gasteiger partial charge in [0.15, 0.2) is 0 Å². The van der Waals surface area contributed by atoms with Crippen LogP contribution in [0.4, 0.5) is 0 Å². The summed E-state index contributed by atoms with van der Waals surface area (Å²) in [6.45, 7) is 7.32. The Kier molecular flexibility index (Phi) is 5.88. The van der Waals surface area contributed by atoms with Gasteiger partial charge < -0.3 is 0 Å².